The van der Waals surface area contributed by atoms with Crippen molar-refractivity contribution in [1.29, 1.82) is 0 Å². The van der Waals surface area contributed by atoms with E-state index in [-0.39, 0.29) is 0 Å². The van der Waals surface area contributed by atoms with Crippen molar-refractivity contribution in [3.63, 3.8) is 0 Å². The van der Waals surface area contributed by atoms with Crippen LogP contribution in [0.1, 0.15) is 63.6 Å². The fourth-order valence-corrected chi connectivity index (χ4v) is 2.20. The molecule has 0 radical (unpaired) electrons. The van der Waals surface area contributed by atoms with Crippen LogP contribution in [-0.2, 0) is 12.8 Å². The summed E-state index contributed by atoms with van der Waals surface area (Å²) in [5.74, 6) is 0. The van der Waals surface area contributed by atoms with Gasteiger partial charge in [-0.05, 0) is 62.6 Å². The largest absolute Gasteiger partial charge is 0.0738 e. The lowest BCUT2D eigenvalue weighted by Crippen LogP contribution is -1.93. The molecule has 0 aliphatic heterocycles. The van der Waals surface area contributed by atoms with E-state index in [9.17, 15) is 0 Å². The van der Waals surface area contributed by atoms with Crippen molar-refractivity contribution in [3.05, 3.63) is 46.0 Å². The maximum atomic E-state index is 2.39. The highest BCUT2D eigenvalue weighted by Crippen LogP contribution is 2.33. The van der Waals surface area contributed by atoms with Gasteiger partial charge in [-0.2, -0.15) is 0 Å². The molecule has 1 aromatic carbocycles. The van der Waals surface area contributed by atoms with E-state index < -0.39 is 0 Å². The summed E-state index contributed by atoms with van der Waals surface area (Å²) in [6, 6.07) is 6.92. The molecular weight excluding hydrogens is 216 g/mol. The number of hydrogen-bond acceptors (Lipinski definition) is 0. The maximum absolute atomic E-state index is 2.39. The lowest BCUT2D eigenvalue weighted by molar-refractivity contribution is 0.921. The van der Waals surface area contributed by atoms with E-state index in [2.05, 4.69) is 39.0 Å². The van der Waals surface area contributed by atoms with E-state index >= 15 is 0 Å². The lowest BCUT2D eigenvalue weighted by atomic mass is 9.98. The second-order valence-electron chi connectivity index (χ2n) is 5.00. The summed E-state index contributed by atoms with van der Waals surface area (Å²) < 4.78 is 0. The van der Waals surface area contributed by atoms with Gasteiger partial charge in [0.05, 0.1) is 0 Å². The quantitative estimate of drug-likeness (QED) is 0.602. The maximum Gasteiger partial charge on any atom is -0.0239 e. The molecule has 1 aromatic rings. The molecule has 0 spiro atoms. The highest BCUT2D eigenvalue weighted by molar-refractivity contribution is 5.32. The summed E-state index contributed by atoms with van der Waals surface area (Å²) in [6.45, 7) is 10.8. The minimum Gasteiger partial charge on any atom is -0.0738 e. The number of aryl methyl sites for hydroxylation is 3. The molecule has 1 saturated carbocycles. The third-order valence-corrected chi connectivity index (χ3v) is 3.69. The summed E-state index contributed by atoms with van der Waals surface area (Å²) in [6.07, 6.45) is 6.34. The highest BCUT2D eigenvalue weighted by Gasteiger charge is 2.14. The van der Waals surface area contributed by atoms with Crippen molar-refractivity contribution in [2.75, 3.05) is 0 Å². The van der Waals surface area contributed by atoms with Crippen LogP contribution in [0.3, 0.4) is 0 Å². The topological polar surface area (TPSA) is 0 Å². The van der Waals surface area contributed by atoms with Crippen molar-refractivity contribution >= 4 is 0 Å². The smallest absolute Gasteiger partial charge is 0.0239 e. The van der Waals surface area contributed by atoms with E-state index in [1.165, 1.54) is 36.8 Å². The molecule has 0 amide bonds. The molecule has 2 rings (SSSR count). The molecule has 1 aliphatic carbocycles. The first kappa shape index (κ1) is 15.0. The summed E-state index contributed by atoms with van der Waals surface area (Å²) in [5, 5.41) is 0. The predicted molar refractivity (Wildman–Crippen MR) is 82.2 cm³/mol. The van der Waals surface area contributed by atoms with Crippen LogP contribution in [0.4, 0.5) is 0 Å². The van der Waals surface area contributed by atoms with Gasteiger partial charge in [-0.15, -0.1) is 0 Å². The van der Waals surface area contributed by atoms with Crippen molar-refractivity contribution in [2.45, 2.75) is 66.7 Å². The molecule has 0 heteroatoms. The first-order chi connectivity index (χ1) is 8.70. The Hall–Kier alpha value is -1.04. The molecule has 18 heavy (non-hydrogen) atoms. The molecule has 0 aromatic heterocycles. The van der Waals surface area contributed by atoms with Crippen LogP contribution in [0, 0.1) is 6.92 Å². The zero-order chi connectivity index (χ0) is 13.5. The van der Waals surface area contributed by atoms with Gasteiger partial charge in [0.15, 0.2) is 0 Å². The fraction of sp³-hybridized carbons (Fsp3) is 0.556. The molecule has 1 fully saturated rings. The number of allylic oxidation sites excluding steroid dienone is 2. The van der Waals surface area contributed by atoms with Crippen molar-refractivity contribution in [3.8, 4) is 0 Å². The molecule has 0 saturated heterocycles. The van der Waals surface area contributed by atoms with Crippen molar-refractivity contribution in [2.24, 2.45) is 0 Å². The average molecular weight is 244 g/mol. The molecule has 0 nitrogen and oxygen atoms in total. The lowest BCUT2D eigenvalue weighted by Gasteiger charge is -2.08. The van der Waals surface area contributed by atoms with Gasteiger partial charge in [-0.25, -0.2) is 0 Å². The number of rotatable bonds is 4. The molecular formula is C18H28. The monoisotopic (exact) mass is 244 g/mol. The molecule has 100 valence electrons. The minimum atomic E-state index is 1.15. The van der Waals surface area contributed by atoms with Crippen molar-refractivity contribution in [1.82, 2.24) is 0 Å². The first-order valence-corrected chi connectivity index (χ1v) is 7.46. The molecule has 0 unspecified atom stereocenters. The normalized spacial score (nSPS) is 12.8. The average Bonchev–Trinajstić information content (AvgIpc) is 3.24. The van der Waals surface area contributed by atoms with E-state index in [4.69, 9.17) is 0 Å². The van der Waals surface area contributed by atoms with Gasteiger partial charge in [0, 0.05) is 0 Å². The highest BCUT2D eigenvalue weighted by atomic mass is 14.2. The summed E-state index contributed by atoms with van der Waals surface area (Å²) in [7, 11) is 0. The second-order valence-corrected chi connectivity index (χ2v) is 5.00. The van der Waals surface area contributed by atoms with E-state index in [0.29, 0.717) is 0 Å². The predicted octanol–water partition coefficient (Wildman–Crippen LogP) is 5.63. The SMILES string of the molecule is CC.CCc1ccc(C)c(CCC(C)=C2CC2)c1. The second kappa shape index (κ2) is 7.41. The van der Waals surface area contributed by atoms with Gasteiger partial charge < -0.3 is 0 Å². The Morgan fingerprint density at radius 3 is 2.39 bits per heavy atom. The fourth-order valence-electron chi connectivity index (χ4n) is 2.20. The Bertz CT molecular complexity index is 404. The molecule has 1 aliphatic rings. The van der Waals surface area contributed by atoms with Crippen LogP contribution < -0.4 is 0 Å². The van der Waals surface area contributed by atoms with E-state index in [0.717, 1.165) is 6.42 Å². The van der Waals surface area contributed by atoms with Crippen LogP contribution in [0.5, 0.6) is 0 Å². The van der Waals surface area contributed by atoms with Crippen molar-refractivity contribution < 1.29 is 0 Å². The molecule has 0 bridgehead atoms. The van der Waals surface area contributed by atoms with Crippen LogP contribution in [0.2, 0.25) is 0 Å². The third-order valence-electron chi connectivity index (χ3n) is 3.69. The van der Waals surface area contributed by atoms with Gasteiger partial charge in [0.1, 0.15) is 0 Å². The molecule has 0 heterocycles. The zero-order valence-electron chi connectivity index (χ0n) is 12.8. The molecule has 0 N–H and O–H groups in total. The zero-order valence-corrected chi connectivity index (χ0v) is 12.8. The Labute approximate surface area is 113 Å². The molecule has 0 atom stereocenters. The first-order valence-electron chi connectivity index (χ1n) is 7.46. The number of hydrogen-bond donors (Lipinski definition) is 0. The minimum absolute atomic E-state index is 1.15. The summed E-state index contributed by atoms with van der Waals surface area (Å²) in [4.78, 5) is 0. The van der Waals surface area contributed by atoms with E-state index in [1.807, 2.05) is 13.8 Å². The van der Waals surface area contributed by atoms with Crippen LogP contribution >= 0.6 is 0 Å². The van der Waals surface area contributed by atoms with Gasteiger partial charge in [-0.1, -0.05) is 50.1 Å². The van der Waals surface area contributed by atoms with Crippen LogP contribution in [0.15, 0.2) is 29.3 Å². The number of benzene rings is 1. The van der Waals surface area contributed by atoms with E-state index in [1.54, 1.807) is 16.7 Å². The standard InChI is InChI=1S/C16H22.C2H6/c1-4-14-7-5-13(3)16(11-14)8-6-12(2)15-9-10-15;1-2/h5,7,11H,4,6,8-10H2,1-3H3;1-2H3. The van der Waals surface area contributed by atoms with Gasteiger partial charge in [0.25, 0.3) is 0 Å². The summed E-state index contributed by atoms with van der Waals surface area (Å²) >= 11 is 0. The van der Waals surface area contributed by atoms with Gasteiger partial charge in [-0.3, -0.25) is 0 Å². The Morgan fingerprint density at radius 1 is 1.17 bits per heavy atom. The van der Waals surface area contributed by atoms with Crippen LogP contribution in [0.25, 0.3) is 0 Å². The van der Waals surface area contributed by atoms with Crippen LogP contribution in [-0.4, -0.2) is 0 Å². The Balaban J connectivity index is 0.000000771. The Kier molecular flexibility index (Phi) is 6.18. The van der Waals surface area contributed by atoms with Gasteiger partial charge in [0.2, 0.25) is 0 Å². The Morgan fingerprint density at radius 2 is 1.83 bits per heavy atom. The third kappa shape index (κ3) is 4.33. The summed E-state index contributed by atoms with van der Waals surface area (Å²) in [5.41, 5.74) is 7.81. The van der Waals surface area contributed by atoms with Gasteiger partial charge >= 0.3 is 0 Å².